The molecule has 0 spiro atoms. The molecule has 5 heteroatoms. The van der Waals surface area contributed by atoms with Crippen molar-refractivity contribution in [2.75, 3.05) is 0 Å². The number of hydrogen-bond donors (Lipinski definition) is 0. The van der Waals surface area contributed by atoms with Gasteiger partial charge >= 0.3 is 0 Å². The second kappa shape index (κ2) is 31.7. The summed E-state index contributed by atoms with van der Waals surface area (Å²) in [6.07, 6.45) is 0. The molecule has 0 saturated heterocycles. The molecular weight excluding hydrogens is 118 g/mol. The molecule has 0 amide bonds. The SMILES string of the molecule is O.[Al].[H].[Mg].[Na].[Si]. The quantitative estimate of drug-likeness (QED) is 0.325. The van der Waals surface area contributed by atoms with Gasteiger partial charge in [-0.1, -0.05) is 0 Å². The Balaban J connectivity index is 0. The van der Waals surface area contributed by atoms with Crippen LogP contribution in [0, 0.1) is 0 Å². The van der Waals surface area contributed by atoms with Crippen molar-refractivity contribution >= 4 is 80.9 Å². The van der Waals surface area contributed by atoms with E-state index in [1.165, 1.54) is 0 Å². The van der Waals surface area contributed by atoms with Gasteiger partial charge in [-0.15, -0.1) is 0 Å². The first-order valence-corrected chi connectivity index (χ1v) is 0. The van der Waals surface area contributed by atoms with Crippen molar-refractivity contribution in [2.45, 2.75) is 0 Å². The molecule has 0 aromatic carbocycles. The molecule has 0 fully saturated rings. The van der Waals surface area contributed by atoms with Gasteiger partial charge in [0.1, 0.15) is 0 Å². The van der Waals surface area contributed by atoms with Gasteiger partial charge in [0, 0.05) is 82.4 Å². The van der Waals surface area contributed by atoms with E-state index >= 15 is 0 Å². The predicted molar refractivity (Wildman–Crippen MR) is 27.7 cm³/mol. The zero-order chi connectivity index (χ0) is 0. The van der Waals surface area contributed by atoms with Gasteiger partial charge in [0.15, 0.2) is 0 Å². The summed E-state index contributed by atoms with van der Waals surface area (Å²) in [7, 11) is 0. The van der Waals surface area contributed by atoms with E-state index in [1.54, 1.807) is 0 Å². The molecule has 0 unspecified atom stereocenters. The van der Waals surface area contributed by atoms with Crippen molar-refractivity contribution in [1.29, 1.82) is 0 Å². The van der Waals surface area contributed by atoms with Crippen LogP contribution in [0.15, 0.2) is 0 Å². The van der Waals surface area contributed by atoms with Crippen LogP contribution in [0.1, 0.15) is 1.43 Å². The molecule has 19 valence electrons. The van der Waals surface area contributed by atoms with Crippen LogP contribution < -0.4 is 0 Å². The van der Waals surface area contributed by atoms with Crippen LogP contribution in [0.4, 0.5) is 0 Å². The third kappa shape index (κ3) is 21.2. The molecule has 0 bridgehead atoms. The van der Waals surface area contributed by atoms with E-state index in [0.717, 1.165) is 0 Å². The molecule has 0 atom stereocenters. The van der Waals surface area contributed by atoms with E-state index in [2.05, 4.69) is 0 Å². The maximum atomic E-state index is 0. The number of hydrogen-bond acceptors (Lipinski definition) is 0. The van der Waals surface area contributed by atoms with Gasteiger partial charge in [-0.25, -0.2) is 0 Å². The maximum absolute atomic E-state index is 0. The van der Waals surface area contributed by atoms with E-state index in [0.29, 0.717) is 0 Å². The molecule has 0 aliphatic heterocycles. The van der Waals surface area contributed by atoms with Gasteiger partial charge in [-0.3, -0.25) is 0 Å². The smallest absolute Gasteiger partial charge is 0 e. The van der Waals surface area contributed by atoms with Crippen molar-refractivity contribution < 1.29 is 6.90 Å². The molecule has 1 nitrogen and oxygen atoms in total. The Morgan fingerprint density at radius 2 is 1.20 bits per heavy atom. The van der Waals surface area contributed by atoms with Crippen LogP contribution >= 0.6 is 0 Å². The Morgan fingerprint density at radius 1 is 1.20 bits per heavy atom. The molecule has 0 aromatic heterocycles. The summed E-state index contributed by atoms with van der Waals surface area (Å²) in [5.41, 5.74) is 0. The molecule has 2 N–H and O–H groups in total. The average Bonchev–Trinajstić information content (AvgIpc) is 0. The Bertz CT molecular complexity index is 15.5. The average molecular weight is 121 g/mol. The molecule has 0 aliphatic rings. The fourth-order valence-corrected chi connectivity index (χ4v) is 0. The molecule has 0 heterocycles. The summed E-state index contributed by atoms with van der Waals surface area (Å²) in [5, 5.41) is 0. The monoisotopic (exact) mass is 121 g/mol. The van der Waals surface area contributed by atoms with Crippen LogP contribution in [0.3, 0.4) is 0 Å². The van der Waals surface area contributed by atoms with Crippen molar-refractivity contribution in [3.63, 3.8) is 0 Å². The minimum Gasteiger partial charge on any atom is -0.412 e. The van der Waals surface area contributed by atoms with Crippen molar-refractivity contribution in [2.24, 2.45) is 0 Å². The first-order chi connectivity index (χ1) is 0. The largest absolute Gasteiger partial charge is 0.412 e. The van der Waals surface area contributed by atoms with Crippen molar-refractivity contribution in [3.8, 4) is 0 Å². The summed E-state index contributed by atoms with van der Waals surface area (Å²) in [6, 6.07) is 0. The fraction of sp³-hybridized carbons (Fsp3) is 0. The van der Waals surface area contributed by atoms with E-state index in [1.807, 2.05) is 0 Å². The molecule has 0 saturated carbocycles. The normalized spacial score (nSPS) is 0. The van der Waals surface area contributed by atoms with Crippen LogP contribution in [0.2, 0.25) is 0 Å². The third-order valence-electron chi connectivity index (χ3n) is 0. The molecular formula is H3AlMgNaOSi. The van der Waals surface area contributed by atoms with Gasteiger partial charge in [0.2, 0.25) is 0 Å². The first kappa shape index (κ1) is 51.2. The first-order valence-electron chi connectivity index (χ1n) is 0. The van der Waals surface area contributed by atoms with Gasteiger partial charge in [0.05, 0.1) is 0 Å². The maximum Gasteiger partial charge on any atom is 0 e. The Hall–Kier alpha value is 2.48. The van der Waals surface area contributed by atoms with Crippen molar-refractivity contribution in [3.05, 3.63) is 0 Å². The second-order valence-electron chi connectivity index (χ2n) is 0. The second-order valence-corrected chi connectivity index (χ2v) is 0. The van der Waals surface area contributed by atoms with Crippen LogP contribution in [0.25, 0.3) is 0 Å². The zero-order valence-electron chi connectivity index (χ0n) is 4.28. The fourth-order valence-electron chi connectivity index (χ4n) is 0. The van der Waals surface area contributed by atoms with Gasteiger partial charge in [0.25, 0.3) is 0 Å². The third-order valence-corrected chi connectivity index (χ3v) is 0. The summed E-state index contributed by atoms with van der Waals surface area (Å²) in [4.78, 5) is 0. The van der Waals surface area contributed by atoms with Crippen LogP contribution in [-0.2, 0) is 0 Å². The molecule has 0 rings (SSSR count). The summed E-state index contributed by atoms with van der Waals surface area (Å²) >= 11 is 0. The van der Waals surface area contributed by atoms with E-state index < -0.39 is 0 Å². The zero-order valence-corrected chi connectivity index (χ0v) is 8.85. The van der Waals surface area contributed by atoms with Gasteiger partial charge in [-0.05, 0) is 0 Å². The van der Waals surface area contributed by atoms with E-state index in [-0.39, 0.29) is 87.8 Å². The summed E-state index contributed by atoms with van der Waals surface area (Å²) in [6.45, 7) is 0. The van der Waals surface area contributed by atoms with Gasteiger partial charge in [-0.2, -0.15) is 0 Å². The van der Waals surface area contributed by atoms with Crippen LogP contribution in [0.5, 0.6) is 0 Å². The standard InChI is InChI=1S/Al.Mg.Na.H2O.Si.H/h;;;1H2;;. The Kier molecular flexibility index (Phi) is 324. The van der Waals surface area contributed by atoms with Crippen LogP contribution in [-0.4, -0.2) is 86.4 Å². The van der Waals surface area contributed by atoms with Crippen molar-refractivity contribution in [1.82, 2.24) is 0 Å². The van der Waals surface area contributed by atoms with Gasteiger partial charge < -0.3 is 5.48 Å². The number of rotatable bonds is 0. The predicted octanol–water partition coefficient (Wildman–Crippen LogP) is -2.24. The minimum atomic E-state index is 0. The summed E-state index contributed by atoms with van der Waals surface area (Å²) in [5.74, 6) is 0. The molecule has 0 aliphatic carbocycles. The Morgan fingerprint density at radius 3 is 1.20 bits per heavy atom. The minimum absolute atomic E-state index is 0. The topological polar surface area (TPSA) is 31.5 Å². The Labute approximate surface area is 86.7 Å². The molecule has 0 aromatic rings. The van der Waals surface area contributed by atoms with E-state index in [4.69, 9.17) is 0 Å². The van der Waals surface area contributed by atoms with E-state index in [9.17, 15) is 0 Å². The molecule has 11 radical (unpaired) electrons. The molecule has 5 heavy (non-hydrogen) atoms. The summed E-state index contributed by atoms with van der Waals surface area (Å²) < 4.78 is 0.